The molecular weight excluding hydrogens is 506 g/mol. The number of H-pyrrole nitrogens is 1. The smallest absolute Gasteiger partial charge is 0.258 e. The van der Waals surface area contributed by atoms with E-state index in [1.165, 1.54) is 0 Å². The van der Waals surface area contributed by atoms with Crippen LogP contribution in [0.3, 0.4) is 0 Å². The van der Waals surface area contributed by atoms with E-state index < -0.39 is 32.5 Å². The van der Waals surface area contributed by atoms with Crippen molar-refractivity contribution in [3.63, 3.8) is 0 Å². The van der Waals surface area contributed by atoms with Gasteiger partial charge in [-0.05, 0) is 43.7 Å². The second-order valence-corrected chi connectivity index (χ2v) is 10.8. The van der Waals surface area contributed by atoms with E-state index in [-0.39, 0.29) is 42.8 Å². The highest BCUT2D eigenvalue weighted by Crippen LogP contribution is 2.29. The lowest BCUT2D eigenvalue weighted by molar-refractivity contribution is -0.117. The number of halogens is 2. The first-order valence-electron chi connectivity index (χ1n) is 11.7. The van der Waals surface area contributed by atoms with Crippen LogP contribution in [-0.4, -0.2) is 53.9 Å². The van der Waals surface area contributed by atoms with Crippen molar-refractivity contribution in [2.24, 2.45) is 0 Å². The van der Waals surface area contributed by atoms with Gasteiger partial charge in [0.15, 0.2) is 5.82 Å². The summed E-state index contributed by atoms with van der Waals surface area (Å²) < 4.78 is 54.5. The number of carbonyl (C=O) groups excluding carboxylic acids is 2. The van der Waals surface area contributed by atoms with Gasteiger partial charge in [-0.15, -0.1) is 0 Å². The Labute approximate surface area is 211 Å². The molecule has 1 atom stereocenters. The van der Waals surface area contributed by atoms with E-state index in [1.807, 2.05) is 0 Å². The lowest BCUT2D eigenvalue weighted by atomic mass is 10.1. The third-order valence-electron chi connectivity index (χ3n) is 6.41. The fourth-order valence-electron chi connectivity index (χ4n) is 4.50. The van der Waals surface area contributed by atoms with Crippen LogP contribution in [0, 0.1) is 11.6 Å². The second-order valence-electron chi connectivity index (χ2n) is 8.86. The molecule has 2 aliphatic heterocycles. The van der Waals surface area contributed by atoms with E-state index in [4.69, 9.17) is 0 Å². The van der Waals surface area contributed by atoms with Gasteiger partial charge in [-0.1, -0.05) is 12.1 Å². The largest absolute Gasteiger partial charge is 0.324 e. The molecule has 0 aliphatic carbocycles. The van der Waals surface area contributed by atoms with Crippen molar-refractivity contribution in [1.29, 1.82) is 0 Å². The summed E-state index contributed by atoms with van der Waals surface area (Å²) in [6.45, 7) is 0.659. The van der Waals surface area contributed by atoms with Crippen molar-refractivity contribution in [2.45, 2.75) is 36.7 Å². The van der Waals surface area contributed by atoms with Crippen LogP contribution in [0.2, 0.25) is 0 Å². The number of benzene rings is 2. The van der Waals surface area contributed by atoms with Crippen LogP contribution in [-0.2, 0) is 27.8 Å². The summed E-state index contributed by atoms with van der Waals surface area (Å²) in [5.74, 6) is -2.64. The lowest BCUT2D eigenvalue weighted by Gasteiger charge is -2.26. The molecule has 0 bridgehead atoms. The summed E-state index contributed by atoms with van der Waals surface area (Å²) in [5, 5.41) is 15.5. The maximum absolute atomic E-state index is 13.7. The first-order valence-corrected chi connectivity index (χ1v) is 13.1. The molecule has 10 nitrogen and oxygen atoms in total. The Morgan fingerprint density at radius 2 is 1.84 bits per heavy atom. The van der Waals surface area contributed by atoms with Gasteiger partial charge in [-0.3, -0.25) is 14.7 Å². The average molecular weight is 531 g/mol. The molecule has 37 heavy (non-hydrogen) atoms. The molecule has 2 aliphatic rings. The number of sulfonamides is 1. The molecule has 5 rings (SSSR count). The molecule has 194 valence electrons. The van der Waals surface area contributed by atoms with Crippen molar-refractivity contribution in [2.75, 3.05) is 23.7 Å². The summed E-state index contributed by atoms with van der Waals surface area (Å²) in [7, 11) is -4.21. The Morgan fingerprint density at radius 1 is 1.08 bits per heavy atom. The van der Waals surface area contributed by atoms with Gasteiger partial charge in [-0.2, -0.15) is 9.40 Å². The van der Waals surface area contributed by atoms with Crippen molar-refractivity contribution in [1.82, 2.24) is 19.8 Å². The number of aromatic nitrogens is 2. The molecular formula is C24H24F2N6O4S. The predicted octanol–water partition coefficient (Wildman–Crippen LogP) is 2.38. The highest BCUT2D eigenvalue weighted by Gasteiger charge is 2.32. The predicted molar refractivity (Wildman–Crippen MR) is 130 cm³/mol. The molecule has 0 unspecified atom stereocenters. The number of nitrogens with zero attached hydrogens (tertiary/aromatic N) is 2. The zero-order valence-corrected chi connectivity index (χ0v) is 20.4. The van der Waals surface area contributed by atoms with Gasteiger partial charge in [0.25, 0.3) is 5.91 Å². The molecule has 2 amide bonds. The van der Waals surface area contributed by atoms with Crippen molar-refractivity contribution < 1.29 is 26.8 Å². The fraction of sp³-hybridized carbons (Fsp3) is 0.292. The maximum Gasteiger partial charge on any atom is 0.258 e. The van der Waals surface area contributed by atoms with Crippen molar-refractivity contribution in [3.05, 3.63) is 70.9 Å². The van der Waals surface area contributed by atoms with Gasteiger partial charge in [0.05, 0.1) is 22.2 Å². The van der Waals surface area contributed by atoms with Crippen LogP contribution in [0.5, 0.6) is 0 Å². The zero-order chi connectivity index (χ0) is 26.2. The van der Waals surface area contributed by atoms with Gasteiger partial charge in [0.2, 0.25) is 15.9 Å². The number of aromatic amines is 1. The Bertz CT molecular complexity index is 1450. The Kier molecular flexibility index (Phi) is 6.75. The maximum atomic E-state index is 13.7. The van der Waals surface area contributed by atoms with Crippen LogP contribution < -0.4 is 16.0 Å². The van der Waals surface area contributed by atoms with Crippen LogP contribution >= 0.6 is 0 Å². The Hall–Kier alpha value is -3.68. The van der Waals surface area contributed by atoms with Crippen LogP contribution in [0.1, 0.15) is 34.5 Å². The molecule has 1 aromatic heterocycles. The van der Waals surface area contributed by atoms with Gasteiger partial charge >= 0.3 is 0 Å². The SMILES string of the molecule is O=C(Nc1n[nH]c2c1CN(S(=O)(=O)c1cc(F)cc(F)c1)CC2)c1ccccc1NC(=O)[C@H]1CCCN1. The molecule has 0 spiro atoms. The van der Waals surface area contributed by atoms with E-state index in [1.54, 1.807) is 24.3 Å². The summed E-state index contributed by atoms with van der Waals surface area (Å²) in [6, 6.07) is 8.33. The van der Waals surface area contributed by atoms with E-state index in [0.29, 0.717) is 29.4 Å². The molecule has 3 heterocycles. The molecule has 1 fully saturated rings. The van der Waals surface area contributed by atoms with E-state index >= 15 is 0 Å². The normalized spacial score (nSPS) is 17.8. The number of nitrogens with one attached hydrogen (secondary N) is 4. The second kappa shape index (κ2) is 10.00. The number of hydrogen-bond donors (Lipinski definition) is 4. The highest BCUT2D eigenvalue weighted by atomic mass is 32.2. The number of rotatable bonds is 6. The minimum absolute atomic E-state index is 0.0626. The topological polar surface area (TPSA) is 136 Å². The van der Waals surface area contributed by atoms with Crippen LogP contribution in [0.4, 0.5) is 20.3 Å². The highest BCUT2D eigenvalue weighted by molar-refractivity contribution is 7.89. The van der Waals surface area contributed by atoms with E-state index in [9.17, 15) is 26.8 Å². The van der Waals surface area contributed by atoms with Gasteiger partial charge in [0.1, 0.15) is 11.6 Å². The first kappa shape index (κ1) is 25.0. The van der Waals surface area contributed by atoms with Gasteiger partial charge in [-0.25, -0.2) is 17.2 Å². The first-order chi connectivity index (χ1) is 17.7. The number of anilines is 2. The molecule has 13 heteroatoms. The molecule has 0 radical (unpaired) electrons. The third kappa shape index (κ3) is 5.10. The average Bonchev–Trinajstić information content (AvgIpc) is 3.54. The molecule has 0 saturated carbocycles. The molecule has 3 aromatic rings. The molecule has 4 N–H and O–H groups in total. The Morgan fingerprint density at radius 3 is 2.57 bits per heavy atom. The summed E-state index contributed by atoms with van der Waals surface area (Å²) >= 11 is 0. The van der Waals surface area contributed by atoms with Crippen molar-refractivity contribution >= 4 is 33.3 Å². The number of amides is 2. The number of fused-ring (bicyclic) bond motifs is 1. The van der Waals surface area contributed by atoms with Crippen molar-refractivity contribution in [3.8, 4) is 0 Å². The summed E-state index contributed by atoms with van der Waals surface area (Å²) in [5.41, 5.74) is 1.62. The number of carbonyl (C=O) groups is 2. The quantitative estimate of drug-likeness (QED) is 0.386. The summed E-state index contributed by atoms with van der Waals surface area (Å²) in [6.07, 6.45) is 1.86. The van der Waals surface area contributed by atoms with Gasteiger partial charge < -0.3 is 16.0 Å². The molecule has 1 saturated heterocycles. The molecule has 2 aromatic carbocycles. The Balaban J connectivity index is 1.35. The number of hydrogen-bond acceptors (Lipinski definition) is 6. The van der Waals surface area contributed by atoms with E-state index in [0.717, 1.165) is 29.4 Å². The van der Waals surface area contributed by atoms with Crippen LogP contribution in [0.25, 0.3) is 0 Å². The van der Waals surface area contributed by atoms with E-state index in [2.05, 4.69) is 26.1 Å². The monoisotopic (exact) mass is 530 g/mol. The summed E-state index contributed by atoms with van der Waals surface area (Å²) in [4.78, 5) is 25.2. The zero-order valence-electron chi connectivity index (χ0n) is 19.6. The lowest BCUT2D eigenvalue weighted by Crippen LogP contribution is -2.36. The third-order valence-corrected chi connectivity index (χ3v) is 8.23. The fourth-order valence-corrected chi connectivity index (χ4v) is 5.95. The standard InChI is InChI=1S/C24H24F2N6O4S/c25-14-10-15(26)12-16(11-14)37(35,36)32-9-7-20-18(13-32)22(31-30-20)29-23(33)17-4-1-2-5-19(17)28-24(34)21-6-3-8-27-21/h1-2,4-5,10-12,21,27H,3,6-9,13H2,(H,28,34)(H2,29,30,31,33)/t21-/m1/s1. The number of para-hydroxylation sites is 1. The van der Waals surface area contributed by atoms with Crippen LogP contribution in [0.15, 0.2) is 47.4 Å². The van der Waals surface area contributed by atoms with Gasteiger partial charge in [0, 0.05) is 36.8 Å². The minimum atomic E-state index is -4.21. The minimum Gasteiger partial charge on any atom is -0.324 e.